The van der Waals surface area contributed by atoms with Gasteiger partial charge in [0, 0.05) is 6.54 Å². The summed E-state index contributed by atoms with van der Waals surface area (Å²) in [6.07, 6.45) is 3.03. The normalized spacial score (nSPS) is 11.6. The average Bonchev–Trinajstić information content (AvgIpc) is 2.56. The first-order valence-electron chi connectivity index (χ1n) is 7.41. The predicted octanol–water partition coefficient (Wildman–Crippen LogP) is 3.78. The van der Waals surface area contributed by atoms with Crippen molar-refractivity contribution in [2.24, 2.45) is 0 Å². The van der Waals surface area contributed by atoms with E-state index in [2.05, 4.69) is 13.2 Å². The summed E-state index contributed by atoms with van der Waals surface area (Å²) < 4.78 is 26.9. The van der Waals surface area contributed by atoms with Crippen molar-refractivity contribution < 1.29 is 8.42 Å². The van der Waals surface area contributed by atoms with E-state index in [9.17, 15) is 8.42 Å². The van der Waals surface area contributed by atoms with E-state index in [-0.39, 0.29) is 18.3 Å². The molecule has 0 saturated carbocycles. The third kappa shape index (κ3) is 4.18. The molecular formula is C19H21NO2S. The van der Waals surface area contributed by atoms with Crippen molar-refractivity contribution in [2.45, 2.75) is 6.04 Å². The second-order valence-corrected chi connectivity index (χ2v) is 7.12. The molecule has 0 N–H and O–H groups in total. The van der Waals surface area contributed by atoms with Gasteiger partial charge in [-0.15, -0.1) is 13.2 Å². The standard InChI is InChI=1S/C19H21NO2S/c1-3-15-20(23(21,22)16-4-2)19(17-11-7-5-8-12-17)18-13-9-6-10-14-18/h3-14,19H,1-2,15-16H2. The van der Waals surface area contributed by atoms with Gasteiger partial charge in [0.15, 0.2) is 0 Å². The van der Waals surface area contributed by atoms with E-state index in [0.717, 1.165) is 11.1 Å². The first kappa shape index (κ1) is 17.2. The van der Waals surface area contributed by atoms with Gasteiger partial charge < -0.3 is 0 Å². The Morgan fingerprint density at radius 2 is 1.35 bits per heavy atom. The van der Waals surface area contributed by atoms with E-state index in [4.69, 9.17) is 0 Å². The molecule has 0 spiro atoms. The lowest BCUT2D eigenvalue weighted by atomic mass is 9.99. The van der Waals surface area contributed by atoms with E-state index in [0.29, 0.717) is 0 Å². The van der Waals surface area contributed by atoms with Crippen LogP contribution in [0.4, 0.5) is 0 Å². The summed E-state index contributed by atoms with van der Waals surface area (Å²) in [5.74, 6) is -0.100. The highest BCUT2D eigenvalue weighted by molar-refractivity contribution is 7.89. The first-order chi connectivity index (χ1) is 11.1. The molecule has 0 amide bonds. The minimum Gasteiger partial charge on any atom is -0.212 e. The Morgan fingerprint density at radius 1 is 0.870 bits per heavy atom. The SMILES string of the molecule is C=CCN(C(c1ccccc1)c1ccccc1)S(=O)(=O)CC=C. The van der Waals surface area contributed by atoms with Gasteiger partial charge in [-0.05, 0) is 11.1 Å². The number of benzene rings is 2. The molecular weight excluding hydrogens is 306 g/mol. The second-order valence-electron chi connectivity index (χ2n) is 5.15. The number of hydrogen-bond acceptors (Lipinski definition) is 2. The Kier molecular flexibility index (Phi) is 5.90. The molecule has 0 heterocycles. The van der Waals surface area contributed by atoms with E-state index >= 15 is 0 Å². The van der Waals surface area contributed by atoms with Crippen LogP contribution in [0.2, 0.25) is 0 Å². The lowest BCUT2D eigenvalue weighted by Crippen LogP contribution is -2.37. The zero-order chi connectivity index (χ0) is 16.7. The maximum atomic E-state index is 12.7. The van der Waals surface area contributed by atoms with Crippen LogP contribution in [0.5, 0.6) is 0 Å². The number of rotatable bonds is 8. The molecule has 2 aromatic rings. The van der Waals surface area contributed by atoms with Crippen LogP contribution >= 0.6 is 0 Å². The lowest BCUT2D eigenvalue weighted by Gasteiger charge is -2.30. The second kappa shape index (κ2) is 7.90. The van der Waals surface area contributed by atoms with E-state index < -0.39 is 10.0 Å². The van der Waals surface area contributed by atoms with Crippen LogP contribution in [-0.2, 0) is 10.0 Å². The fraction of sp³-hybridized carbons (Fsp3) is 0.158. The Bertz CT molecular complexity index is 700. The number of nitrogens with zero attached hydrogens (tertiary/aromatic N) is 1. The maximum absolute atomic E-state index is 12.7. The van der Waals surface area contributed by atoms with Crippen molar-refractivity contribution >= 4 is 10.0 Å². The smallest absolute Gasteiger partial charge is 0.212 e. The van der Waals surface area contributed by atoms with Gasteiger partial charge in [0.2, 0.25) is 10.0 Å². The molecule has 0 bridgehead atoms. The summed E-state index contributed by atoms with van der Waals surface area (Å²) in [5, 5.41) is 0. The highest BCUT2D eigenvalue weighted by Crippen LogP contribution is 2.31. The van der Waals surface area contributed by atoms with E-state index in [1.807, 2.05) is 60.7 Å². The zero-order valence-electron chi connectivity index (χ0n) is 13.0. The summed E-state index contributed by atoms with van der Waals surface area (Å²) in [4.78, 5) is 0. The Morgan fingerprint density at radius 3 is 1.74 bits per heavy atom. The van der Waals surface area contributed by atoms with Gasteiger partial charge >= 0.3 is 0 Å². The molecule has 0 aliphatic heterocycles. The van der Waals surface area contributed by atoms with Crippen LogP contribution in [0.15, 0.2) is 86.0 Å². The fourth-order valence-corrected chi connectivity index (χ4v) is 3.93. The summed E-state index contributed by atoms with van der Waals surface area (Å²) in [6.45, 7) is 7.51. The van der Waals surface area contributed by atoms with E-state index in [1.165, 1.54) is 10.4 Å². The molecule has 0 saturated heterocycles. The van der Waals surface area contributed by atoms with Gasteiger partial charge in [-0.2, -0.15) is 4.31 Å². The van der Waals surface area contributed by atoms with Gasteiger partial charge in [-0.3, -0.25) is 0 Å². The predicted molar refractivity (Wildman–Crippen MR) is 95.6 cm³/mol. The van der Waals surface area contributed by atoms with Gasteiger partial charge in [-0.1, -0.05) is 72.8 Å². The van der Waals surface area contributed by atoms with Crippen LogP contribution < -0.4 is 0 Å². The quantitative estimate of drug-likeness (QED) is 0.692. The fourth-order valence-electron chi connectivity index (χ4n) is 2.55. The first-order valence-corrected chi connectivity index (χ1v) is 9.02. The van der Waals surface area contributed by atoms with Crippen molar-refractivity contribution in [3.8, 4) is 0 Å². The van der Waals surface area contributed by atoms with Crippen molar-refractivity contribution in [3.63, 3.8) is 0 Å². The Labute approximate surface area is 138 Å². The van der Waals surface area contributed by atoms with Gasteiger partial charge in [0.05, 0.1) is 11.8 Å². The number of sulfonamides is 1. The zero-order valence-corrected chi connectivity index (χ0v) is 13.8. The van der Waals surface area contributed by atoms with Crippen LogP contribution in [0.3, 0.4) is 0 Å². The molecule has 3 nitrogen and oxygen atoms in total. The van der Waals surface area contributed by atoms with Crippen LogP contribution in [-0.4, -0.2) is 25.0 Å². The van der Waals surface area contributed by atoms with Crippen LogP contribution in [0.25, 0.3) is 0 Å². The maximum Gasteiger partial charge on any atom is 0.218 e. The largest absolute Gasteiger partial charge is 0.218 e. The van der Waals surface area contributed by atoms with Crippen molar-refractivity contribution in [3.05, 3.63) is 97.1 Å². The third-order valence-corrected chi connectivity index (χ3v) is 5.24. The van der Waals surface area contributed by atoms with Crippen LogP contribution in [0.1, 0.15) is 17.2 Å². The molecule has 0 atom stereocenters. The van der Waals surface area contributed by atoms with Gasteiger partial charge in [0.1, 0.15) is 0 Å². The highest BCUT2D eigenvalue weighted by Gasteiger charge is 2.30. The minimum atomic E-state index is -3.49. The molecule has 0 aromatic heterocycles. The Hall–Kier alpha value is -2.17. The monoisotopic (exact) mass is 327 g/mol. The molecule has 120 valence electrons. The molecule has 0 unspecified atom stereocenters. The highest BCUT2D eigenvalue weighted by atomic mass is 32.2. The molecule has 0 aliphatic carbocycles. The van der Waals surface area contributed by atoms with Crippen molar-refractivity contribution in [2.75, 3.05) is 12.3 Å². The Balaban J connectivity index is 2.59. The molecule has 2 aromatic carbocycles. The number of hydrogen-bond donors (Lipinski definition) is 0. The molecule has 0 radical (unpaired) electrons. The molecule has 2 rings (SSSR count). The summed E-state index contributed by atoms with van der Waals surface area (Å²) in [7, 11) is -3.49. The molecule has 23 heavy (non-hydrogen) atoms. The summed E-state index contributed by atoms with van der Waals surface area (Å²) in [6, 6.07) is 18.9. The average molecular weight is 327 g/mol. The third-order valence-electron chi connectivity index (χ3n) is 3.51. The van der Waals surface area contributed by atoms with Crippen molar-refractivity contribution in [1.29, 1.82) is 0 Å². The lowest BCUT2D eigenvalue weighted by molar-refractivity contribution is 0.391. The van der Waals surface area contributed by atoms with Gasteiger partial charge in [0.25, 0.3) is 0 Å². The van der Waals surface area contributed by atoms with E-state index in [1.54, 1.807) is 6.08 Å². The molecule has 0 fully saturated rings. The minimum absolute atomic E-state index is 0.100. The van der Waals surface area contributed by atoms with Gasteiger partial charge in [-0.25, -0.2) is 8.42 Å². The summed E-state index contributed by atoms with van der Waals surface area (Å²) >= 11 is 0. The van der Waals surface area contributed by atoms with Crippen LogP contribution in [0, 0.1) is 0 Å². The summed E-state index contributed by atoms with van der Waals surface area (Å²) in [5.41, 5.74) is 1.85. The topological polar surface area (TPSA) is 37.4 Å². The molecule has 0 aliphatic rings. The van der Waals surface area contributed by atoms with Crippen molar-refractivity contribution in [1.82, 2.24) is 4.31 Å². The molecule has 4 heteroatoms.